The van der Waals surface area contributed by atoms with Gasteiger partial charge >= 0.3 is 0 Å². The highest BCUT2D eigenvalue weighted by Crippen LogP contribution is 2.58. The van der Waals surface area contributed by atoms with Crippen molar-refractivity contribution in [1.29, 1.82) is 0 Å². The molecule has 0 aliphatic heterocycles. The van der Waals surface area contributed by atoms with Crippen LogP contribution in [0, 0.1) is 0 Å². The molecule has 0 spiro atoms. The lowest BCUT2D eigenvalue weighted by Crippen LogP contribution is -2.31. The normalized spacial score (nSPS) is 11.5. The summed E-state index contributed by atoms with van der Waals surface area (Å²) < 4.78 is 0. The average molecular weight is 396 g/mol. The van der Waals surface area contributed by atoms with E-state index in [1.54, 1.807) is 0 Å². The molecule has 2 nitrogen and oxygen atoms in total. The number of nitrogens with two attached hydrogens (primary N) is 2. The van der Waals surface area contributed by atoms with Crippen molar-refractivity contribution >= 4 is 29.9 Å². The van der Waals surface area contributed by atoms with E-state index < -0.39 is 7.92 Å². The highest BCUT2D eigenvalue weighted by atomic mass is 31.1. The van der Waals surface area contributed by atoms with Gasteiger partial charge in [0.25, 0.3) is 0 Å². The summed E-state index contributed by atoms with van der Waals surface area (Å²) in [4.78, 5) is 0. The number of hydrogen-bond donors (Lipinski definition) is 2. The van der Waals surface area contributed by atoms with E-state index in [1.165, 1.54) is 21.7 Å². The van der Waals surface area contributed by atoms with E-state index >= 15 is 0 Å². The van der Waals surface area contributed by atoms with Gasteiger partial charge in [0.2, 0.25) is 0 Å². The number of benzene rings is 4. The van der Waals surface area contributed by atoms with E-state index in [9.17, 15) is 0 Å². The highest BCUT2D eigenvalue weighted by molar-refractivity contribution is 7.74. The van der Waals surface area contributed by atoms with Gasteiger partial charge in [-0.3, -0.25) is 0 Å². The first-order chi connectivity index (χ1) is 14.1. The van der Waals surface area contributed by atoms with Crippen LogP contribution in [0.15, 0.2) is 109 Å². The molecule has 0 unspecified atom stereocenters. The molecule has 0 heterocycles. The van der Waals surface area contributed by atoms with Crippen LogP contribution in [0.4, 0.5) is 11.4 Å². The Bertz CT molecular complexity index is 974. The Hall–Kier alpha value is -3.09. The fourth-order valence-electron chi connectivity index (χ4n) is 3.86. The minimum Gasteiger partial charge on any atom is -0.399 e. The molecule has 0 aliphatic rings. The summed E-state index contributed by atoms with van der Waals surface area (Å²) in [6, 6.07) is 38.2. The Morgan fingerprint density at radius 1 is 0.517 bits per heavy atom. The third-order valence-electron chi connectivity index (χ3n) is 5.42. The number of nitrogen functional groups attached to an aromatic ring is 2. The van der Waals surface area contributed by atoms with Gasteiger partial charge < -0.3 is 11.5 Å². The molecule has 0 atom stereocenters. The molecule has 0 fully saturated rings. The second-order valence-electron chi connectivity index (χ2n) is 7.32. The molecule has 0 radical (unpaired) electrons. The first-order valence-electron chi connectivity index (χ1n) is 9.71. The van der Waals surface area contributed by atoms with Crippen molar-refractivity contribution in [2.75, 3.05) is 11.5 Å². The summed E-state index contributed by atoms with van der Waals surface area (Å²) in [5, 5.41) is 2.43. The largest absolute Gasteiger partial charge is 0.399 e. The fraction of sp³-hybridized carbons (Fsp3) is 0.0769. The molecular weight excluding hydrogens is 371 g/mol. The summed E-state index contributed by atoms with van der Waals surface area (Å²) in [5.74, 6) is 0. The van der Waals surface area contributed by atoms with Gasteiger partial charge in [0.1, 0.15) is 0 Å². The van der Waals surface area contributed by atoms with E-state index in [4.69, 9.17) is 11.5 Å². The molecule has 0 saturated heterocycles. The first-order valence-corrected chi connectivity index (χ1v) is 11.1. The van der Waals surface area contributed by atoms with Crippen molar-refractivity contribution in [3.63, 3.8) is 0 Å². The topological polar surface area (TPSA) is 52.0 Å². The predicted octanol–water partition coefficient (Wildman–Crippen LogP) is 5.25. The Morgan fingerprint density at radius 2 is 0.862 bits per heavy atom. The zero-order valence-electron chi connectivity index (χ0n) is 16.5. The maximum absolute atomic E-state index is 6.02. The summed E-state index contributed by atoms with van der Waals surface area (Å²) >= 11 is 0. The van der Waals surface area contributed by atoms with Crippen LogP contribution in [0.25, 0.3) is 0 Å². The van der Waals surface area contributed by atoms with Crippen LogP contribution in [0.3, 0.4) is 0 Å². The molecule has 29 heavy (non-hydrogen) atoms. The lowest BCUT2D eigenvalue weighted by Gasteiger charge is -2.40. The van der Waals surface area contributed by atoms with Crippen molar-refractivity contribution in [3.8, 4) is 0 Å². The van der Waals surface area contributed by atoms with E-state index in [0.29, 0.717) is 0 Å². The molecule has 3 heteroatoms. The van der Waals surface area contributed by atoms with Crippen LogP contribution >= 0.6 is 7.92 Å². The van der Waals surface area contributed by atoms with Gasteiger partial charge in [-0.25, -0.2) is 0 Å². The Balaban J connectivity index is 2.01. The van der Waals surface area contributed by atoms with Crippen molar-refractivity contribution in [2.45, 2.75) is 12.1 Å². The van der Waals surface area contributed by atoms with Gasteiger partial charge in [-0.05, 0) is 60.8 Å². The van der Waals surface area contributed by atoms with E-state index in [1.807, 2.05) is 24.3 Å². The quantitative estimate of drug-likeness (QED) is 0.358. The van der Waals surface area contributed by atoms with E-state index in [0.717, 1.165) is 11.4 Å². The fourth-order valence-corrected chi connectivity index (χ4v) is 6.95. The van der Waals surface area contributed by atoms with Crippen LogP contribution < -0.4 is 22.1 Å². The van der Waals surface area contributed by atoms with Gasteiger partial charge in [0, 0.05) is 16.5 Å². The van der Waals surface area contributed by atoms with Gasteiger partial charge in [0.05, 0.1) is 0 Å². The first kappa shape index (κ1) is 19.2. The molecule has 0 aromatic heterocycles. The van der Waals surface area contributed by atoms with Crippen molar-refractivity contribution in [1.82, 2.24) is 0 Å². The molecule has 0 amide bonds. The average Bonchev–Trinajstić information content (AvgIpc) is 2.76. The third kappa shape index (κ3) is 3.77. The van der Waals surface area contributed by atoms with Gasteiger partial charge in [-0.1, -0.05) is 84.9 Å². The molecule has 0 bridgehead atoms. The lowest BCUT2D eigenvalue weighted by atomic mass is 9.91. The van der Waals surface area contributed by atoms with Gasteiger partial charge in [-0.15, -0.1) is 0 Å². The summed E-state index contributed by atoms with van der Waals surface area (Å²) in [5.41, 5.74) is 16.1. The van der Waals surface area contributed by atoms with E-state index in [-0.39, 0.29) is 5.16 Å². The molecule has 0 saturated carbocycles. The van der Waals surface area contributed by atoms with Gasteiger partial charge in [0.15, 0.2) is 0 Å². The molecule has 0 aliphatic carbocycles. The molecule has 144 valence electrons. The standard InChI is InChI=1S/C26H25N2P/c1-26(20-12-16-22(27)17-13-20,21-14-18-23(28)19-15-21)29(24-8-4-2-5-9-24)25-10-6-3-7-11-25/h2-19H,27-28H2,1H3. The van der Waals surface area contributed by atoms with Crippen molar-refractivity contribution in [2.24, 2.45) is 0 Å². The van der Waals surface area contributed by atoms with Crippen LogP contribution in [-0.4, -0.2) is 0 Å². The Labute approximate surface area is 174 Å². The summed E-state index contributed by atoms with van der Waals surface area (Å²) in [7, 11) is -0.750. The van der Waals surface area contributed by atoms with Crippen LogP contribution in [0.1, 0.15) is 18.1 Å². The maximum Gasteiger partial charge on any atom is 0.0455 e. The molecule has 4 aromatic rings. The second kappa shape index (κ2) is 8.11. The lowest BCUT2D eigenvalue weighted by molar-refractivity contribution is 0.828. The van der Waals surface area contributed by atoms with E-state index in [2.05, 4.69) is 91.9 Å². The minimum atomic E-state index is -0.750. The van der Waals surface area contributed by atoms with Gasteiger partial charge in [-0.2, -0.15) is 0 Å². The SMILES string of the molecule is CC(c1ccc(N)cc1)(c1ccc(N)cc1)P(c1ccccc1)c1ccccc1. The Kier molecular flexibility index (Phi) is 5.38. The number of anilines is 2. The second-order valence-corrected chi connectivity index (χ2v) is 9.92. The zero-order chi connectivity index (χ0) is 20.3. The molecule has 4 N–H and O–H groups in total. The predicted molar refractivity (Wildman–Crippen MR) is 127 cm³/mol. The summed E-state index contributed by atoms with van der Waals surface area (Å²) in [6.07, 6.45) is 0. The van der Waals surface area contributed by atoms with Crippen LogP contribution in [-0.2, 0) is 5.16 Å². The van der Waals surface area contributed by atoms with Crippen molar-refractivity contribution < 1.29 is 0 Å². The van der Waals surface area contributed by atoms with Crippen molar-refractivity contribution in [3.05, 3.63) is 120 Å². The third-order valence-corrected chi connectivity index (χ3v) is 8.46. The monoisotopic (exact) mass is 396 g/mol. The number of hydrogen-bond acceptors (Lipinski definition) is 2. The smallest absolute Gasteiger partial charge is 0.0455 e. The molecule has 4 rings (SSSR count). The Morgan fingerprint density at radius 3 is 1.21 bits per heavy atom. The highest BCUT2D eigenvalue weighted by Gasteiger charge is 2.39. The van der Waals surface area contributed by atoms with Crippen LogP contribution in [0.2, 0.25) is 0 Å². The number of rotatable bonds is 5. The maximum atomic E-state index is 6.02. The minimum absolute atomic E-state index is 0.251. The molecular formula is C26H25N2P. The zero-order valence-corrected chi connectivity index (χ0v) is 17.4. The summed E-state index contributed by atoms with van der Waals surface area (Å²) in [6.45, 7) is 2.34. The van der Waals surface area contributed by atoms with Crippen LogP contribution in [0.5, 0.6) is 0 Å². The molecule has 4 aromatic carbocycles.